The number of rotatable bonds is 40. The van der Waals surface area contributed by atoms with Crippen molar-refractivity contribution in [1.29, 1.82) is 0 Å². The lowest BCUT2D eigenvalue weighted by molar-refractivity contribution is -0.161. The van der Waals surface area contributed by atoms with E-state index >= 15 is 0 Å². The highest BCUT2D eigenvalue weighted by atomic mass is 31.2. The third kappa shape index (κ3) is 40.8. The van der Waals surface area contributed by atoms with Crippen LogP contribution in [0.25, 0.3) is 0 Å². The average molecular weight is 867 g/mol. The molecule has 0 aliphatic heterocycles. The van der Waals surface area contributed by atoms with Crippen LogP contribution in [-0.2, 0) is 41.8 Å². The molecule has 16 heteroatoms. The van der Waals surface area contributed by atoms with Crippen molar-refractivity contribution in [2.75, 3.05) is 26.4 Å². The van der Waals surface area contributed by atoms with E-state index in [0.29, 0.717) is 19.3 Å². The first-order valence-electron chi connectivity index (χ1n) is 21.4. The van der Waals surface area contributed by atoms with Crippen LogP contribution in [0.5, 0.6) is 0 Å². The minimum Gasteiger partial charge on any atom is -0.462 e. The number of carbonyl (C=O) groups excluding carboxylic acids is 2. The largest absolute Gasteiger partial charge is 0.472 e. The maximum atomic E-state index is 12.6. The van der Waals surface area contributed by atoms with Crippen molar-refractivity contribution in [3.63, 3.8) is 0 Å². The van der Waals surface area contributed by atoms with Crippen LogP contribution in [0.4, 0.5) is 0 Å². The monoisotopic (exact) mass is 866 g/mol. The summed E-state index contributed by atoms with van der Waals surface area (Å²) in [4.78, 5) is 52.6. The van der Waals surface area contributed by atoms with Gasteiger partial charge in [-0.15, -0.1) is 0 Å². The molecule has 0 rings (SSSR count). The smallest absolute Gasteiger partial charge is 0.462 e. The first-order valence-corrected chi connectivity index (χ1v) is 24.5. The maximum Gasteiger partial charge on any atom is 0.472 e. The Kier molecular flexibility index (Phi) is 36.7. The van der Waals surface area contributed by atoms with E-state index in [-0.39, 0.29) is 12.8 Å². The van der Waals surface area contributed by atoms with Gasteiger partial charge in [-0.2, -0.15) is 0 Å². The van der Waals surface area contributed by atoms with E-state index in [9.17, 15) is 33.8 Å². The Morgan fingerprint density at radius 2 is 1.09 bits per heavy atom. The third-order valence-electron chi connectivity index (χ3n) is 8.81. The van der Waals surface area contributed by atoms with Crippen molar-refractivity contribution in [1.82, 2.24) is 0 Å². The summed E-state index contributed by atoms with van der Waals surface area (Å²) in [6.45, 7) is 1.56. The van der Waals surface area contributed by atoms with Gasteiger partial charge in [-0.25, -0.2) is 9.13 Å². The second-order valence-corrected chi connectivity index (χ2v) is 17.2. The van der Waals surface area contributed by atoms with Gasteiger partial charge in [0.25, 0.3) is 0 Å². The number of carbonyl (C=O) groups is 2. The number of allylic oxidation sites excluding steroid dienone is 7. The summed E-state index contributed by atoms with van der Waals surface area (Å²) in [7, 11) is -9.70. The summed E-state index contributed by atoms with van der Waals surface area (Å²) in [5.41, 5.74) is 0. The second-order valence-electron chi connectivity index (χ2n) is 14.5. The molecule has 0 fully saturated rings. The number of aliphatic hydroxyl groups excluding tert-OH is 2. The lowest BCUT2D eigenvalue weighted by Gasteiger charge is -2.20. The molecule has 0 saturated heterocycles. The minimum atomic E-state index is -4.87. The molecule has 0 amide bonds. The van der Waals surface area contributed by atoms with Gasteiger partial charge in [0, 0.05) is 12.8 Å². The van der Waals surface area contributed by atoms with Crippen molar-refractivity contribution in [2.45, 2.75) is 180 Å². The molecule has 338 valence electrons. The predicted octanol–water partition coefficient (Wildman–Crippen LogP) is 9.64. The number of esters is 2. The maximum absolute atomic E-state index is 12.6. The zero-order valence-corrected chi connectivity index (χ0v) is 37.0. The van der Waals surface area contributed by atoms with Crippen LogP contribution in [0.15, 0.2) is 48.6 Å². The van der Waals surface area contributed by atoms with Crippen LogP contribution in [0.3, 0.4) is 0 Å². The zero-order chi connectivity index (χ0) is 43.2. The summed E-state index contributed by atoms with van der Waals surface area (Å²) in [6.07, 6.45) is 34.4. The molecule has 4 atom stereocenters. The fourth-order valence-corrected chi connectivity index (χ4v) is 6.67. The van der Waals surface area contributed by atoms with Crippen molar-refractivity contribution >= 4 is 27.6 Å². The van der Waals surface area contributed by atoms with Gasteiger partial charge in [-0.1, -0.05) is 159 Å². The minimum absolute atomic E-state index is 0.0997. The predicted molar refractivity (Wildman–Crippen MR) is 227 cm³/mol. The van der Waals surface area contributed by atoms with Crippen LogP contribution in [0.2, 0.25) is 0 Å². The molecule has 0 aromatic carbocycles. The first-order chi connectivity index (χ1) is 27.8. The van der Waals surface area contributed by atoms with Crippen LogP contribution >= 0.6 is 15.6 Å². The molecule has 5 N–H and O–H groups in total. The summed E-state index contributed by atoms with van der Waals surface area (Å²) >= 11 is 0. The topological polar surface area (TPSA) is 216 Å². The van der Waals surface area contributed by atoms with Gasteiger partial charge in [0.2, 0.25) is 0 Å². The lowest BCUT2D eigenvalue weighted by Crippen LogP contribution is -2.30. The standard InChI is InChI=1S/C42H76O14P2/c1-3-5-7-8-9-10-11-12-15-19-22-25-29-33-42(46)56-40(37-55-58(50,51)54-35-39(44)34-53-57(47,48)49)36-52-41(45)32-28-24-21-18-16-13-14-17-20-23-27-31-38(43)30-26-6-4-2/h13-14,18,20-21,23,27,31,38-40,43-44H,3-12,15-17,19,22,24-26,28-30,32-37H2,1-2H3,(H,50,51)(H2,47,48,49)/b14-13-,21-18-,23-20-,31-27+/t38-,39+,40-/m1/s1. The Labute approximate surface area is 348 Å². The van der Waals surface area contributed by atoms with Gasteiger partial charge in [0.05, 0.1) is 25.9 Å². The van der Waals surface area contributed by atoms with Crippen molar-refractivity contribution < 1.29 is 66.7 Å². The summed E-state index contributed by atoms with van der Waals surface area (Å²) in [5, 5.41) is 19.6. The van der Waals surface area contributed by atoms with Crippen molar-refractivity contribution in [3.8, 4) is 0 Å². The van der Waals surface area contributed by atoms with Crippen molar-refractivity contribution in [2.24, 2.45) is 0 Å². The molecule has 0 aliphatic carbocycles. The van der Waals surface area contributed by atoms with Crippen LogP contribution in [-0.4, -0.2) is 81.6 Å². The molecule has 0 aromatic rings. The van der Waals surface area contributed by atoms with Gasteiger partial charge in [-0.05, 0) is 38.5 Å². The highest BCUT2D eigenvalue weighted by Crippen LogP contribution is 2.43. The number of phosphoric acid groups is 2. The molecule has 0 aromatic heterocycles. The van der Waals surface area contributed by atoms with Gasteiger partial charge in [0.15, 0.2) is 6.10 Å². The summed E-state index contributed by atoms with van der Waals surface area (Å²) in [5.74, 6) is -1.12. The highest BCUT2D eigenvalue weighted by Gasteiger charge is 2.28. The number of phosphoric ester groups is 2. The molecule has 58 heavy (non-hydrogen) atoms. The van der Waals surface area contributed by atoms with E-state index in [1.165, 1.54) is 57.8 Å². The van der Waals surface area contributed by atoms with Gasteiger partial charge < -0.3 is 34.4 Å². The van der Waals surface area contributed by atoms with Gasteiger partial charge in [0.1, 0.15) is 12.7 Å². The van der Waals surface area contributed by atoms with E-state index < -0.39 is 72.3 Å². The fourth-order valence-electron chi connectivity index (χ4n) is 5.51. The fraction of sp³-hybridized carbons (Fsp3) is 0.762. The third-order valence-corrected chi connectivity index (χ3v) is 10.3. The molecule has 0 saturated carbocycles. The Morgan fingerprint density at radius 3 is 1.71 bits per heavy atom. The van der Waals surface area contributed by atoms with E-state index in [1.807, 2.05) is 48.6 Å². The number of ether oxygens (including phenoxy) is 2. The molecule has 0 heterocycles. The molecule has 14 nitrogen and oxygen atoms in total. The quantitative estimate of drug-likeness (QED) is 0.0127. The Balaban J connectivity index is 4.65. The zero-order valence-electron chi connectivity index (χ0n) is 35.2. The number of hydrogen-bond acceptors (Lipinski definition) is 11. The summed E-state index contributed by atoms with van der Waals surface area (Å²) < 4.78 is 47.6. The SMILES string of the molecule is CCCCCCCCCCCCCCCC(=O)O[C@H](COC(=O)CCC/C=C\C/C=C\C/C=C\C=C\[C@H](O)CCCCC)COP(=O)(O)OC[C@@H](O)COP(=O)(O)O. The van der Waals surface area contributed by atoms with Crippen LogP contribution < -0.4 is 0 Å². The van der Waals surface area contributed by atoms with Crippen LogP contribution in [0, 0.1) is 0 Å². The number of hydrogen-bond donors (Lipinski definition) is 5. The molecule has 0 bridgehead atoms. The summed E-state index contributed by atoms with van der Waals surface area (Å²) in [6, 6.07) is 0. The normalized spacial score (nSPS) is 15.1. The molecule has 0 spiro atoms. The molecule has 1 unspecified atom stereocenters. The van der Waals surface area contributed by atoms with Gasteiger partial charge in [-0.3, -0.25) is 23.2 Å². The van der Waals surface area contributed by atoms with E-state index in [4.69, 9.17) is 23.8 Å². The molecular weight excluding hydrogens is 790 g/mol. The van der Waals surface area contributed by atoms with Gasteiger partial charge >= 0.3 is 27.6 Å². The lowest BCUT2D eigenvalue weighted by atomic mass is 10.0. The van der Waals surface area contributed by atoms with Crippen LogP contribution in [0.1, 0.15) is 162 Å². The Bertz CT molecular complexity index is 1230. The molecule has 0 aliphatic rings. The second kappa shape index (κ2) is 38.0. The highest BCUT2D eigenvalue weighted by molar-refractivity contribution is 7.47. The molecular formula is C42H76O14P2. The number of unbranched alkanes of at least 4 members (excludes halogenated alkanes) is 15. The number of aliphatic hydroxyl groups is 2. The first kappa shape index (κ1) is 56.0. The average Bonchev–Trinajstić information content (AvgIpc) is 3.17. The van der Waals surface area contributed by atoms with E-state index in [2.05, 4.69) is 22.9 Å². The molecule has 0 radical (unpaired) electrons. The van der Waals surface area contributed by atoms with E-state index in [1.54, 1.807) is 0 Å². The Morgan fingerprint density at radius 1 is 0.569 bits per heavy atom. The van der Waals surface area contributed by atoms with E-state index in [0.717, 1.165) is 57.8 Å². The Hall–Kier alpha value is -1.96. The van der Waals surface area contributed by atoms with Crippen molar-refractivity contribution in [3.05, 3.63) is 48.6 Å².